The van der Waals surface area contributed by atoms with Crippen LogP contribution in [-0.4, -0.2) is 48.7 Å². The van der Waals surface area contributed by atoms with Gasteiger partial charge in [-0.15, -0.1) is 0 Å². The first-order valence-corrected chi connectivity index (χ1v) is 5.82. The number of unbranched alkanes of at least 4 members (excludes halogenated alkanes) is 1. The van der Waals surface area contributed by atoms with Gasteiger partial charge in [0.2, 0.25) is 0 Å². The summed E-state index contributed by atoms with van der Waals surface area (Å²) in [6.45, 7) is 3.28. The third-order valence-corrected chi connectivity index (χ3v) is 2.87. The molecule has 4 heteroatoms. The predicted octanol–water partition coefficient (Wildman–Crippen LogP) is 0.925. The zero-order valence-electron chi connectivity index (χ0n) is 9.54. The van der Waals surface area contributed by atoms with Crippen molar-refractivity contribution in [2.45, 2.75) is 38.1 Å². The van der Waals surface area contributed by atoms with Crippen molar-refractivity contribution in [1.29, 1.82) is 0 Å². The van der Waals surface area contributed by atoms with E-state index < -0.39 is 5.97 Å². The molecule has 1 aliphatic rings. The highest BCUT2D eigenvalue weighted by molar-refractivity contribution is 5.66. The molecule has 1 aliphatic heterocycles. The molecule has 0 aromatic rings. The Morgan fingerprint density at radius 1 is 1.53 bits per heavy atom. The molecule has 0 aromatic carbocycles. The molecule has 0 aliphatic carbocycles. The second-order valence-corrected chi connectivity index (χ2v) is 4.41. The molecule has 1 rings (SSSR count). The van der Waals surface area contributed by atoms with E-state index in [1.165, 1.54) is 19.4 Å². The maximum Gasteiger partial charge on any atom is 0.303 e. The molecule has 0 bridgehead atoms. The summed E-state index contributed by atoms with van der Waals surface area (Å²) in [5, 5.41) is 12.0. The van der Waals surface area contributed by atoms with Crippen LogP contribution in [0.25, 0.3) is 0 Å². The summed E-state index contributed by atoms with van der Waals surface area (Å²) in [7, 11) is 2.15. The Kier molecular flexibility index (Phi) is 5.65. The van der Waals surface area contributed by atoms with E-state index in [2.05, 4.69) is 17.3 Å². The quantitative estimate of drug-likeness (QED) is 0.646. The van der Waals surface area contributed by atoms with Crippen LogP contribution < -0.4 is 5.32 Å². The number of nitrogens with one attached hydrogen (secondary N) is 1. The Morgan fingerprint density at radius 2 is 2.33 bits per heavy atom. The van der Waals surface area contributed by atoms with Gasteiger partial charge < -0.3 is 15.3 Å². The van der Waals surface area contributed by atoms with E-state index in [0.29, 0.717) is 12.5 Å². The van der Waals surface area contributed by atoms with Crippen LogP contribution in [0.5, 0.6) is 0 Å². The lowest BCUT2D eigenvalue weighted by molar-refractivity contribution is -0.137. The van der Waals surface area contributed by atoms with Crippen LogP contribution in [0.1, 0.15) is 32.1 Å². The number of likely N-dealkylation sites (tertiary alicyclic amines) is 1. The van der Waals surface area contributed by atoms with Gasteiger partial charge in [-0.05, 0) is 45.8 Å². The van der Waals surface area contributed by atoms with Crippen molar-refractivity contribution in [3.05, 3.63) is 0 Å². The van der Waals surface area contributed by atoms with E-state index in [-0.39, 0.29) is 0 Å². The lowest BCUT2D eigenvalue weighted by Crippen LogP contribution is -2.44. The van der Waals surface area contributed by atoms with Crippen molar-refractivity contribution < 1.29 is 9.90 Å². The fourth-order valence-corrected chi connectivity index (χ4v) is 2.04. The number of aliphatic carboxylic acids is 1. The molecule has 15 heavy (non-hydrogen) atoms. The van der Waals surface area contributed by atoms with Gasteiger partial charge in [-0.1, -0.05) is 0 Å². The number of likely N-dealkylation sites (N-methyl/N-ethyl adjacent to an activating group) is 1. The van der Waals surface area contributed by atoms with Gasteiger partial charge >= 0.3 is 5.97 Å². The maximum absolute atomic E-state index is 10.3. The molecular formula is C11H22N2O2. The van der Waals surface area contributed by atoms with E-state index >= 15 is 0 Å². The monoisotopic (exact) mass is 214 g/mol. The maximum atomic E-state index is 10.3. The third-order valence-electron chi connectivity index (χ3n) is 2.87. The Morgan fingerprint density at radius 3 is 3.00 bits per heavy atom. The molecule has 1 unspecified atom stereocenters. The molecule has 88 valence electrons. The van der Waals surface area contributed by atoms with Crippen LogP contribution in [0.3, 0.4) is 0 Å². The number of rotatable bonds is 6. The minimum Gasteiger partial charge on any atom is -0.481 e. The smallest absolute Gasteiger partial charge is 0.303 e. The average Bonchev–Trinajstić information content (AvgIpc) is 2.17. The lowest BCUT2D eigenvalue weighted by Gasteiger charge is -2.30. The first-order valence-electron chi connectivity index (χ1n) is 5.82. The molecule has 1 atom stereocenters. The fraction of sp³-hybridized carbons (Fsp3) is 0.909. The summed E-state index contributed by atoms with van der Waals surface area (Å²) in [6, 6.07) is 0.605. The van der Waals surface area contributed by atoms with E-state index in [9.17, 15) is 4.79 Å². The molecule has 0 spiro atoms. The molecule has 0 amide bonds. The summed E-state index contributed by atoms with van der Waals surface area (Å²) in [6.07, 6.45) is 4.57. The van der Waals surface area contributed by atoms with E-state index in [1.54, 1.807) is 0 Å². The Bertz CT molecular complexity index is 197. The van der Waals surface area contributed by atoms with Gasteiger partial charge in [-0.3, -0.25) is 4.79 Å². The molecule has 0 aromatic heterocycles. The molecule has 4 nitrogen and oxygen atoms in total. The highest BCUT2D eigenvalue weighted by Gasteiger charge is 2.15. The summed E-state index contributed by atoms with van der Waals surface area (Å²) in [5.41, 5.74) is 0. The van der Waals surface area contributed by atoms with Crippen molar-refractivity contribution in [2.75, 3.05) is 26.7 Å². The minimum absolute atomic E-state index is 0.298. The second kappa shape index (κ2) is 6.80. The zero-order valence-corrected chi connectivity index (χ0v) is 9.54. The SMILES string of the molecule is CN1CCCC(NCCCCC(=O)O)C1. The number of carboxylic acid groups (broad SMARTS) is 1. The zero-order chi connectivity index (χ0) is 11.1. The van der Waals surface area contributed by atoms with Crippen LogP contribution >= 0.6 is 0 Å². The van der Waals surface area contributed by atoms with Crippen molar-refractivity contribution in [3.8, 4) is 0 Å². The summed E-state index contributed by atoms with van der Waals surface area (Å²) >= 11 is 0. The summed E-state index contributed by atoms with van der Waals surface area (Å²) < 4.78 is 0. The van der Waals surface area contributed by atoms with Crippen LogP contribution in [0.4, 0.5) is 0 Å². The largest absolute Gasteiger partial charge is 0.481 e. The topological polar surface area (TPSA) is 52.6 Å². The van der Waals surface area contributed by atoms with Crippen molar-refractivity contribution >= 4 is 5.97 Å². The number of hydrogen-bond acceptors (Lipinski definition) is 3. The molecular weight excluding hydrogens is 192 g/mol. The number of carbonyl (C=O) groups is 1. The van der Waals surface area contributed by atoms with E-state index in [0.717, 1.165) is 25.9 Å². The van der Waals surface area contributed by atoms with Crippen molar-refractivity contribution in [1.82, 2.24) is 10.2 Å². The van der Waals surface area contributed by atoms with E-state index in [4.69, 9.17) is 5.11 Å². The highest BCUT2D eigenvalue weighted by atomic mass is 16.4. The molecule has 0 radical (unpaired) electrons. The average molecular weight is 214 g/mol. The highest BCUT2D eigenvalue weighted by Crippen LogP contribution is 2.07. The molecule has 1 saturated heterocycles. The van der Waals surface area contributed by atoms with Gasteiger partial charge in [0, 0.05) is 19.0 Å². The molecule has 2 N–H and O–H groups in total. The van der Waals surface area contributed by atoms with Gasteiger partial charge in [0.25, 0.3) is 0 Å². The molecule has 0 saturated carbocycles. The van der Waals surface area contributed by atoms with Crippen LogP contribution in [-0.2, 0) is 4.79 Å². The first-order chi connectivity index (χ1) is 7.18. The number of nitrogens with zero attached hydrogens (tertiary/aromatic N) is 1. The third kappa shape index (κ3) is 5.74. The number of hydrogen-bond donors (Lipinski definition) is 2. The summed E-state index contributed by atoms with van der Waals surface area (Å²) in [4.78, 5) is 12.6. The number of carboxylic acids is 1. The lowest BCUT2D eigenvalue weighted by atomic mass is 10.1. The van der Waals surface area contributed by atoms with Gasteiger partial charge in [-0.2, -0.15) is 0 Å². The van der Waals surface area contributed by atoms with Crippen molar-refractivity contribution in [2.24, 2.45) is 0 Å². The van der Waals surface area contributed by atoms with Crippen molar-refractivity contribution in [3.63, 3.8) is 0 Å². The number of piperidine rings is 1. The Labute approximate surface area is 91.6 Å². The second-order valence-electron chi connectivity index (χ2n) is 4.41. The van der Waals surface area contributed by atoms with Gasteiger partial charge in [0.05, 0.1) is 0 Å². The van der Waals surface area contributed by atoms with Crippen LogP contribution in [0.15, 0.2) is 0 Å². The summed E-state index contributed by atoms with van der Waals surface area (Å²) in [5.74, 6) is -0.688. The Hall–Kier alpha value is -0.610. The van der Waals surface area contributed by atoms with Crippen LogP contribution in [0, 0.1) is 0 Å². The van der Waals surface area contributed by atoms with Gasteiger partial charge in [-0.25, -0.2) is 0 Å². The standard InChI is InChI=1S/C11H22N2O2/c1-13-8-4-5-10(9-13)12-7-3-2-6-11(14)15/h10,12H,2-9H2,1H3,(H,14,15). The fourth-order valence-electron chi connectivity index (χ4n) is 2.04. The van der Waals surface area contributed by atoms with Crippen LogP contribution in [0.2, 0.25) is 0 Å². The van der Waals surface area contributed by atoms with Gasteiger partial charge in [0.1, 0.15) is 0 Å². The minimum atomic E-state index is -0.688. The molecule has 1 heterocycles. The van der Waals surface area contributed by atoms with Gasteiger partial charge in [0.15, 0.2) is 0 Å². The molecule has 1 fully saturated rings. The normalized spacial score (nSPS) is 22.9. The van der Waals surface area contributed by atoms with E-state index in [1.807, 2.05) is 0 Å². The predicted molar refractivity (Wildman–Crippen MR) is 60.0 cm³/mol. The first kappa shape index (κ1) is 12.5. The Balaban J connectivity index is 1.97.